The van der Waals surface area contributed by atoms with Crippen LogP contribution in [0.4, 0.5) is 0 Å². The fourth-order valence-electron chi connectivity index (χ4n) is 2.51. The highest BCUT2D eigenvalue weighted by molar-refractivity contribution is 5.27. The maximum absolute atomic E-state index is 5.87. The van der Waals surface area contributed by atoms with Crippen LogP contribution < -0.4 is 5.73 Å². The summed E-state index contributed by atoms with van der Waals surface area (Å²) in [7, 11) is 0. The van der Waals surface area contributed by atoms with Crippen molar-refractivity contribution in [3.63, 3.8) is 0 Å². The number of hydrogen-bond donors (Lipinski definition) is 1. The van der Waals surface area contributed by atoms with Crippen LogP contribution in [0.1, 0.15) is 43.9 Å². The van der Waals surface area contributed by atoms with Gasteiger partial charge in [0.15, 0.2) is 0 Å². The van der Waals surface area contributed by atoms with Gasteiger partial charge >= 0.3 is 0 Å². The van der Waals surface area contributed by atoms with Crippen molar-refractivity contribution in [2.75, 3.05) is 6.54 Å². The lowest BCUT2D eigenvalue weighted by atomic mass is 9.70. The van der Waals surface area contributed by atoms with Gasteiger partial charge in [-0.3, -0.25) is 4.98 Å². The number of hydrogen-bond acceptors (Lipinski definition) is 2. The summed E-state index contributed by atoms with van der Waals surface area (Å²) >= 11 is 0. The van der Waals surface area contributed by atoms with Crippen molar-refractivity contribution in [3.8, 4) is 0 Å². The van der Waals surface area contributed by atoms with Crippen molar-refractivity contribution in [2.24, 2.45) is 11.1 Å². The molecule has 0 fully saturated rings. The molecule has 1 aromatic rings. The standard InChI is InChI=1S/C13H20N2/c1-13(2,9-14)11-7-3-5-10-6-4-8-15-12(10)11/h4,6,8,11H,3,5,7,9,14H2,1-2H3. The first-order chi connectivity index (χ1) is 7.15. The van der Waals surface area contributed by atoms with Crippen molar-refractivity contribution < 1.29 is 0 Å². The Bertz CT molecular complexity index is 344. The third kappa shape index (κ3) is 1.91. The third-order valence-corrected chi connectivity index (χ3v) is 3.66. The zero-order chi connectivity index (χ0) is 10.9. The first-order valence-corrected chi connectivity index (χ1v) is 5.79. The number of aryl methyl sites for hydroxylation is 1. The summed E-state index contributed by atoms with van der Waals surface area (Å²) in [6.07, 6.45) is 5.59. The fourth-order valence-corrected chi connectivity index (χ4v) is 2.51. The third-order valence-electron chi connectivity index (χ3n) is 3.66. The second-order valence-electron chi connectivity index (χ2n) is 5.19. The van der Waals surface area contributed by atoms with Crippen LogP contribution in [0.25, 0.3) is 0 Å². The molecule has 2 N–H and O–H groups in total. The molecule has 2 rings (SSSR count). The molecule has 82 valence electrons. The predicted molar refractivity (Wildman–Crippen MR) is 62.8 cm³/mol. The first kappa shape index (κ1) is 10.6. The Morgan fingerprint density at radius 3 is 3.07 bits per heavy atom. The molecule has 2 nitrogen and oxygen atoms in total. The fraction of sp³-hybridized carbons (Fsp3) is 0.615. The average Bonchev–Trinajstić information content (AvgIpc) is 2.28. The number of aromatic nitrogens is 1. The molecule has 1 heterocycles. The molecule has 1 aromatic heterocycles. The second-order valence-corrected chi connectivity index (χ2v) is 5.19. The van der Waals surface area contributed by atoms with E-state index in [0.717, 1.165) is 6.54 Å². The van der Waals surface area contributed by atoms with Crippen LogP contribution >= 0.6 is 0 Å². The largest absolute Gasteiger partial charge is 0.330 e. The monoisotopic (exact) mass is 204 g/mol. The van der Waals surface area contributed by atoms with Gasteiger partial charge in [0.2, 0.25) is 0 Å². The SMILES string of the molecule is CC(C)(CN)C1CCCc2cccnc21. The molecule has 0 aromatic carbocycles. The molecule has 0 aliphatic heterocycles. The van der Waals surface area contributed by atoms with Crippen LogP contribution in [0.5, 0.6) is 0 Å². The minimum atomic E-state index is 0.170. The Morgan fingerprint density at radius 1 is 1.53 bits per heavy atom. The van der Waals surface area contributed by atoms with Crippen LogP contribution in [0.2, 0.25) is 0 Å². The van der Waals surface area contributed by atoms with Gasteiger partial charge in [0.25, 0.3) is 0 Å². The summed E-state index contributed by atoms with van der Waals surface area (Å²) in [6.45, 7) is 5.23. The number of fused-ring (bicyclic) bond motifs is 1. The molecule has 2 heteroatoms. The van der Waals surface area contributed by atoms with Crippen molar-refractivity contribution in [2.45, 2.75) is 39.0 Å². The second kappa shape index (κ2) is 3.93. The van der Waals surface area contributed by atoms with Crippen LogP contribution in [-0.2, 0) is 6.42 Å². The number of nitrogens with zero attached hydrogens (tertiary/aromatic N) is 1. The molecule has 0 saturated heterocycles. The summed E-state index contributed by atoms with van der Waals surface area (Å²) in [5.41, 5.74) is 8.75. The molecule has 15 heavy (non-hydrogen) atoms. The lowest BCUT2D eigenvalue weighted by Crippen LogP contribution is -2.33. The van der Waals surface area contributed by atoms with E-state index < -0.39 is 0 Å². The summed E-state index contributed by atoms with van der Waals surface area (Å²) in [6, 6.07) is 4.25. The van der Waals surface area contributed by atoms with Gasteiger partial charge in [0, 0.05) is 17.8 Å². The molecule has 0 amide bonds. The minimum absolute atomic E-state index is 0.170. The number of rotatable bonds is 2. The number of nitrogens with two attached hydrogens (primary N) is 1. The van der Waals surface area contributed by atoms with E-state index in [1.54, 1.807) is 0 Å². The molecule has 1 atom stereocenters. The van der Waals surface area contributed by atoms with Crippen LogP contribution in [0, 0.1) is 5.41 Å². The van der Waals surface area contributed by atoms with E-state index in [9.17, 15) is 0 Å². The van der Waals surface area contributed by atoms with E-state index in [2.05, 4.69) is 24.9 Å². The molecular formula is C13H20N2. The summed E-state index contributed by atoms with van der Waals surface area (Å²) < 4.78 is 0. The normalized spacial score (nSPS) is 21.1. The first-order valence-electron chi connectivity index (χ1n) is 5.79. The van der Waals surface area contributed by atoms with E-state index in [1.807, 2.05) is 12.3 Å². The van der Waals surface area contributed by atoms with Crippen molar-refractivity contribution >= 4 is 0 Å². The molecule has 1 unspecified atom stereocenters. The zero-order valence-electron chi connectivity index (χ0n) is 9.66. The van der Waals surface area contributed by atoms with E-state index in [4.69, 9.17) is 5.73 Å². The lowest BCUT2D eigenvalue weighted by Gasteiger charge is -2.36. The minimum Gasteiger partial charge on any atom is -0.330 e. The zero-order valence-corrected chi connectivity index (χ0v) is 9.66. The smallest absolute Gasteiger partial charge is 0.0472 e. The molecule has 0 spiro atoms. The highest BCUT2D eigenvalue weighted by Gasteiger charge is 2.33. The number of pyridine rings is 1. The summed E-state index contributed by atoms with van der Waals surface area (Å²) in [4.78, 5) is 4.56. The maximum atomic E-state index is 5.87. The van der Waals surface area contributed by atoms with E-state index in [1.165, 1.54) is 30.5 Å². The van der Waals surface area contributed by atoms with E-state index in [0.29, 0.717) is 5.92 Å². The Balaban J connectivity index is 2.38. The summed E-state index contributed by atoms with van der Waals surface area (Å²) in [5.74, 6) is 0.535. The van der Waals surface area contributed by atoms with Crippen LogP contribution in [-0.4, -0.2) is 11.5 Å². The molecule has 1 aliphatic carbocycles. The highest BCUT2D eigenvalue weighted by Crippen LogP contribution is 2.41. The maximum Gasteiger partial charge on any atom is 0.0472 e. The van der Waals surface area contributed by atoms with Crippen LogP contribution in [0.3, 0.4) is 0 Å². The molecule has 0 saturated carbocycles. The van der Waals surface area contributed by atoms with Gasteiger partial charge in [-0.25, -0.2) is 0 Å². The molecule has 0 bridgehead atoms. The van der Waals surface area contributed by atoms with Crippen molar-refractivity contribution in [1.82, 2.24) is 4.98 Å². The van der Waals surface area contributed by atoms with Crippen LogP contribution in [0.15, 0.2) is 18.3 Å². The van der Waals surface area contributed by atoms with E-state index in [-0.39, 0.29) is 5.41 Å². The predicted octanol–water partition coefficient (Wildman–Crippen LogP) is 2.49. The van der Waals surface area contributed by atoms with Gasteiger partial charge in [0.05, 0.1) is 0 Å². The van der Waals surface area contributed by atoms with Gasteiger partial charge in [-0.05, 0) is 42.9 Å². The Morgan fingerprint density at radius 2 is 2.33 bits per heavy atom. The van der Waals surface area contributed by atoms with Gasteiger partial charge in [-0.1, -0.05) is 19.9 Å². The van der Waals surface area contributed by atoms with Gasteiger partial charge in [-0.15, -0.1) is 0 Å². The average molecular weight is 204 g/mol. The van der Waals surface area contributed by atoms with Gasteiger partial charge in [-0.2, -0.15) is 0 Å². The quantitative estimate of drug-likeness (QED) is 0.803. The summed E-state index contributed by atoms with van der Waals surface area (Å²) in [5, 5.41) is 0. The Labute approximate surface area is 91.9 Å². The molecular weight excluding hydrogens is 184 g/mol. The Hall–Kier alpha value is -0.890. The topological polar surface area (TPSA) is 38.9 Å². The van der Waals surface area contributed by atoms with Gasteiger partial charge in [0.1, 0.15) is 0 Å². The van der Waals surface area contributed by atoms with Gasteiger partial charge < -0.3 is 5.73 Å². The lowest BCUT2D eigenvalue weighted by molar-refractivity contribution is 0.263. The Kier molecular flexibility index (Phi) is 2.79. The molecule has 0 radical (unpaired) electrons. The molecule has 1 aliphatic rings. The van der Waals surface area contributed by atoms with Crippen molar-refractivity contribution in [1.29, 1.82) is 0 Å². The highest BCUT2D eigenvalue weighted by atomic mass is 14.7. The van der Waals surface area contributed by atoms with Crippen molar-refractivity contribution in [3.05, 3.63) is 29.6 Å². The van der Waals surface area contributed by atoms with E-state index >= 15 is 0 Å².